The van der Waals surface area contributed by atoms with Crippen molar-refractivity contribution in [1.29, 1.82) is 0 Å². The number of aliphatic imine (C=N–C) groups is 1. The van der Waals surface area contributed by atoms with E-state index in [2.05, 4.69) is 57.2 Å². The Bertz CT molecular complexity index is 1260. The van der Waals surface area contributed by atoms with E-state index in [0.29, 0.717) is 36.4 Å². The van der Waals surface area contributed by atoms with Crippen molar-refractivity contribution in [3.05, 3.63) is 83.7 Å². The summed E-state index contributed by atoms with van der Waals surface area (Å²) in [6.45, 7) is 3.34. The molecule has 0 spiro atoms. The van der Waals surface area contributed by atoms with Crippen molar-refractivity contribution in [1.82, 2.24) is 0 Å². The maximum Gasteiger partial charge on any atom is 0.284 e. The minimum atomic E-state index is -4.06. The minimum absolute atomic E-state index is 0.0257. The Morgan fingerprint density at radius 3 is 1.90 bits per heavy atom. The standard InChI is InChI=1S/C21H14Br3ClN2O3S/c1-11-17(23)19(18(24)12(2)20(11)28)26-21(13-3-7-15(25)8-4-13)27-31(29,30)16-9-5-14(22)6-10-16/h3-10H,1-2H3/b27-21+. The molecule has 0 saturated carbocycles. The molecule has 5 nitrogen and oxygen atoms in total. The first-order chi connectivity index (χ1) is 14.5. The van der Waals surface area contributed by atoms with Crippen molar-refractivity contribution in [3.63, 3.8) is 0 Å². The lowest BCUT2D eigenvalue weighted by Gasteiger charge is -2.17. The number of hydrogen-bond donors (Lipinski definition) is 0. The Labute approximate surface area is 210 Å². The van der Waals surface area contributed by atoms with Gasteiger partial charge in [0.1, 0.15) is 0 Å². The van der Waals surface area contributed by atoms with Crippen LogP contribution in [0.5, 0.6) is 0 Å². The highest BCUT2D eigenvalue weighted by Gasteiger charge is 2.27. The van der Waals surface area contributed by atoms with E-state index in [-0.39, 0.29) is 16.5 Å². The number of allylic oxidation sites excluding steroid dienone is 4. The van der Waals surface area contributed by atoms with Gasteiger partial charge in [-0.25, -0.2) is 4.99 Å². The summed E-state index contributed by atoms with van der Waals surface area (Å²) < 4.78 is 31.6. The lowest BCUT2D eigenvalue weighted by molar-refractivity contribution is -0.112. The van der Waals surface area contributed by atoms with Crippen LogP contribution in [0, 0.1) is 0 Å². The van der Waals surface area contributed by atoms with Crippen LogP contribution in [-0.2, 0) is 14.8 Å². The number of rotatable bonds is 3. The van der Waals surface area contributed by atoms with Gasteiger partial charge < -0.3 is 0 Å². The predicted molar refractivity (Wildman–Crippen MR) is 135 cm³/mol. The van der Waals surface area contributed by atoms with E-state index < -0.39 is 10.0 Å². The van der Waals surface area contributed by atoms with E-state index >= 15 is 0 Å². The van der Waals surface area contributed by atoms with Crippen molar-refractivity contribution in [2.75, 3.05) is 0 Å². The van der Waals surface area contributed by atoms with Crippen molar-refractivity contribution in [2.24, 2.45) is 9.39 Å². The molecule has 0 N–H and O–H groups in total. The number of benzene rings is 2. The fraction of sp³-hybridized carbons (Fsp3) is 0.0952. The number of halogens is 4. The molecule has 0 amide bonds. The SMILES string of the molecule is CC1=C(Br)C(=N/C(=N/S(=O)(=O)c2ccc(Br)cc2)c2ccc(Cl)cc2)C(Br)=C(C)C1=O. The number of sulfonamides is 1. The van der Waals surface area contributed by atoms with E-state index in [9.17, 15) is 13.2 Å². The van der Waals surface area contributed by atoms with Crippen molar-refractivity contribution in [2.45, 2.75) is 18.7 Å². The van der Waals surface area contributed by atoms with Gasteiger partial charge in [0.15, 0.2) is 11.6 Å². The molecule has 2 aromatic carbocycles. The topological polar surface area (TPSA) is 75.9 Å². The molecule has 0 aliphatic heterocycles. The quantitative estimate of drug-likeness (QED) is 0.214. The monoisotopic (exact) mass is 646 g/mol. The minimum Gasteiger partial charge on any atom is -0.289 e. The van der Waals surface area contributed by atoms with E-state index in [0.717, 1.165) is 4.47 Å². The average Bonchev–Trinajstić information content (AvgIpc) is 2.74. The van der Waals surface area contributed by atoms with Crippen LogP contribution in [0.25, 0.3) is 0 Å². The van der Waals surface area contributed by atoms with Crippen LogP contribution in [0.1, 0.15) is 19.4 Å². The predicted octanol–water partition coefficient (Wildman–Crippen LogP) is 6.60. The maximum atomic E-state index is 13.0. The van der Waals surface area contributed by atoms with Crippen LogP contribution in [0.15, 0.2) is 87.4 Å². The number of Topliss-reactive ketones (excluding diaryl/α,β-unsaturated/α-hetero) is 1. The van der Waals surface area contributed by atoms with Gasteiger partial charge in [0.25, 0.3) is 10.0 Å². The maximum absolute atomic E-state index is 13.0. The van der Waals surface area contributed by atoms with Crippen LogP contribution in [0.3, 0.4) is 0 Å². The Kier molecular flexibility index (Phi) is 7.53. The summed E-state index contributed by atoms with van der Waals surface area (Å²) in [6, 6.07) is 12.6. The second kappa shape index (κ2) is 9.62. The van der Waals surface area contributed by atoms with Crippen LogP contribution >= 0.6 is 59.4 Å². The summed E-state index contributed by atoms with van der Waals surface area (Å²) in [4.78, 5) is 16.9. The molecule has 2 aromatic rings. The number of carbonyl (C=O) groups is 1. The first-order valence-electron chi connectivity index (χ1n) is 8.74. The van der Waals surface area contributed by atoms with E-state index in [1.165, 1.54) is 12.1 Å². The number of ketones is 1. The highest BCUT2D eigenvalue weighted by atomic mass is 79.9. The molecule has 10 heteroatoms. The van der Waals surface area contributed by atoms with Gasteiger partial charge in [0.2, 0.25) is 0 Å². The van der Waals surface area contributed by atoms with E-state index in [4.69, 9.17) is 11.6 Å². The van der Waals surface area contributed by atoms with E-state index in [1.807, 2.05) is 0 Å². The molecule has 0 aromatic heterocycles. The molecule has 0 heterocycles. The Hall–Kier alpha value is -1.39. The van der Waals surface area contributed by atoms with Crippen molar-refractivity contribution < 1.29 is 13.2 Å². The normalized spacial score (nSPS) is 15.6. The Morgan fingerprint density at radius 1 is 0.871 bits per heavy atom. The average molecular weight is 650 g/mol. The van der Waals surface area contributed by atoms with Gasteiger partial charge in [0, 0.05) is 26.2 Å². The highest BCUT2D eigenvalue weighted by molar-refractivity contribution is 9.13. The largest absolute Gasteiger partial charge is 0.289 e. The summed E-state index contributed by atoms with van der Waals surface area (Å²) in [6.07, 6.45) is 0. The molecule has 0 bridgehead atoms. The van der Waals surface area contributed by atoms with Gasteiger partial charge in [-0.1, -0.05) is 27.5 Å². The number of amidine groups is 1. The molecule has 3 rings (SSSR count). The second-order valence-electron chi connectivity index (χ2n) is 6.52. The lowest BCUT2D eigenvalue weighted by Crippen LogP contribution is -2.19. The zero-order valence-electron chi connectivity index (χ0n) is 16.2. The third-order valence-electron chi connectivity index (χ3n) is 4.39. The second-order valence-corrected chi connectivity index (χ2v) is 11.1. The van der Waals surface area contributed by atoms with Gasteiger partial charge in [-0.15, -0.1) is 4.40 Å². The van der Waals surface area contributed by atoms with E-state index in [1.54, 1.807) is 50.2 Å². The Morgan fingerprint density at radius 2 is 1.39 bits per heavy atom. The van der Waals surface area contributed by atoms with Crippen LogP contribution in [0.2, 0.25) is 5.02 Å². The summed E-state index contributed by atoms with van der Waals surface area (Å²) in [5.41, 5.74) is 1.75. The number of hydrogen-bond acceptors (Lipinski definition) is 3. The van der Waals surface area contributed by atoms with Gasteiger partial charge in [0.05, 0.1) is 19.6 Å². The zero-order valence-corrected chi connectivity index (χ0v) is 22.5. The van der Waals surface area contributed by atoms with Gasteiger partial charge in [-0.05, 0) is 94.2 Å². The molecule has 0 radical (unpaired) electrons. The van der Waals surface area contributed by atoms with Crippen molar-refractivity contribution >= 4 is 86.7 Å². The molecular weight excluding hydrogens is 635 g/mol. The molecule has 0 saturated heterocycles. The summed E-state index contributed by atoms with van der Waals surface area (Å²) in [5, 5.41) is 0.489. The molecular formula is C21H14Br3ClN2O3S. The van der Waals surface area contributed by atoms with Crippen LogP contribution in [-0.4, -0.2) is 25.7 Å². The first-order valence-corrected chi connectivity index (χ1v) is 12.9. The Balaban J connectivity index is 2.24. The first kappa shape index (κ1) is 24.3. The number of carbonyl (C=O) groups excluding carboxylic acids is 1. The lowest BCUT2D eigenvalue weighted by atomic mass is 9.98. The molecule has 160 valence electrons. The van der Waals surface area contributed by atoms with Crippen molar-refractivity contribution in [3.8, 4) is 0 Å². The molecule has 0 atom stereocenters. The van der Waals surface area contributed by atoms with Crippen LogP contribution in [0.4, 0.5) is 0 Å². The smallest absolute Gasteiger partial charge is 0.284 e. The molecule has 0 unspecified atom stereocenters. The fourth-order valence-corrected chi connectivity index (χ4v) is 5.20. The third kappa shape index (κ3) is 5.34. The van der Waals surface area contributed by atoms with Gasteiger partial charge >= 0.3 is 0 Å². The molecule has 0 fully saturated rings. The molecule has 1 aliphatic carbocycles. The van der Waals surface area contributed by atoms with Crippen LogP contribution < -0.4 is 0 Å². The third-order valence-corrected chi connectivity index (χ3v) is 8.40. The zero-order chi connectivity index (χ0) is 22.9. The fourth-order valence-electron chi connectivity index (χ4n) is 2.65. The molecule has 1 aliphatic rings. The van der Waals surface area contributed by atoms with Gasteiger partial charge in [-0.3, -0.25) is 4.79 Å². The molecule has 31 heavy (non-hydrogen) atoms. The summed E-state index contributed by atoms with van der Waals surface area (Å²) in [5.74, 6) is -0.177. The highest BCUT2D eigenvalue weighted by Crippen LogP contribution is 2.32. The summed E-state index contributed by atoms with van der Waals surface area (Å²) in [7, 11) is -4.06. The van der Waals surface area contributed by atoms with Gasteiger partial charge in [-0.2, -0.15) is 8.42 Å². The summed E-state index contributed by atoms with van der Waals surface area (Å²) >= 11 is 16.1. The number of nitrogens with zero attached hydrogens (tertiary/aromatic N) is 2.